The zero-order valence-electron chi connectivity index (χ0n) is 11.7. The fourth-order valence-electron chi connectivity index (χ4n) is 1.77. The molecule has 0 aromatic heterocycles. The van der Waals surface area contributed by atoms with Gasteiger partial charge in [-0.3, -0.25) is 0 Å². The zero-order chi connectivity index (χ0) is 12.2. The van der Waals surface area contributed by atoms with Crippen LogP contribution in [0.15, 0.2) is 0 Å². The third kappa shape index (κ3) is 12.0. The Morgan fingerprint density at radius 2 is 1.81 bits per heavy atom. The van der Waals surface area contributed by atoms with Gasteiger partial charge < -0.3 is 10.1 Å². The molecule has 1 unspecified atom stereocenters. The summed E-state index contributed by atoms with van der Waals surface area (Å²) >= 11 is 0. The minimum Gasteiger partial charge on any atom is -0.380 e. The molecule has 0 aromatic rings. The van der Waals surface area contributed by atoms with Crippen LogP contribution in [0.3, 0.4) is 0 Å². The highest BCUT2D eigenvalue weighted by atomic mass is 16.5. The van der Waals surface area contributed by atoms with Gasteiger partial charge in [0.2, 0.25) is 0 Å². The second-order valence-corrected chi connectivity index (χ2v) is 5.25. The van der Waals surface area contributed by atoms with Gasteiger partial charge in [0.05, 0.1) is 6.61 Å². The van der Waals surface area contributed by atoms with Crippen LogP contribution in [-0.4, -0.2) is 26.3 Å². The van der Waals surface area contributed by atoms with Crippen LogP contribution in [0.5, 0.6) is 0 Å². The maximum Gasteiger partial charge on any atom is 0.0591 e. The van der Waals surface area contributed by atoms with E-state index in [9.17, 15) is 0 Å². The van der Waals surface area contributed by atoms with Crippen molar-refractivity contribution < 1.29 is 4.74 Å². The van der Waals surface area contributed by atoms with Crippen LogP contribution in [0, 0.1) is 11.8 Å². The predicted molar refractivity (Wildman–Crippen MR) is 71.8 cm³/mol. The first-order valence-electron chi connectivity index (χ1n) is 6.95. The first kappa shape index (κ1) is 15.9. The largest absolute Gasteiger partial charge is 0.380 e. The molecular weight excluding hydrogens is 198 g/mol. The minimum absolute atomic E-state index is 0.714. The molecule has 0 rings (SSSR count). The molecule has 16 heavy (non-hydrogen) atoms. The van der Waals surface area contributed by atoms with E-state index >= 15 is 0 Å². The summed E-state index contributed by atoms with van der Waals surface area (Å²) in [7, 11) is 0. The van der Waals surface area contributed by atoms with E-state index in [1.54, 1.807) is 0 Å². The Balaban J connectivity index is 3.04. The average Bonchev–Trinajstić information content (AvgIpc) is 2.22. The average molecular weight is 229 g/mol. The Morgan fingerprint density at radius 1 is 1.06 bits per heavy atom. The lowest BCUT2D eigenvalue weighted by molar-refractivity contribution is 0.103. The van der Waals surface area contributed by atoms with Gasteiger partial charge in [-0.1, -0.05) is 34.1 Å². The van der Waals surface area contributed by atoms with Crippen LogP contribution in [0.2, 0.25) is 0 Å². The summed E-state index contributed by atoms with van der Waals surface area (Å²) in [6.45, 7) is 12.9. The molecule has 0 fully saturated rings. The van der Waals surface area contributed by atoms with Crippen LogP contribution >= 0.6 is 0 Å². The van der Waals surface area contributed by atoms with Gasteiger partial charge in [-0.05, 0) is 37.6 Å². The van der Waals surface area contributed by atoms with E-state index in [2.05, 4.69) is 33.0 Å². The first-order chi connectivity index (χ1) is 7.66. The monoisotopic (exact) mass is 229 g/mol. The van der Waals surface area contributed by atoms with E-state index in [0.717, 1.165) is 32.2 Å². The number of nitrogens with one attached hydrogen (secondary N) is 1. The van der Waals surface area contributed by atoms with Gasteiger partial charge in [-0.15, -0.1) is 0 Å². The SMILES string of the molecule is CCCC(C)COCCNCCCC(C)C. The molecule has 0 saturated carbocycles. The Morgan fingerprint density at radius 3 is 2.44 bits per heavy atom. The molecule has 0 spiro atoms. The molecule has 0 aliphatic carbocycles. The number of hydrogen-bond donors (Lipinski definition) is 1. The maximum absolute atomic E-state index is 5.61. The highest BCUT2D eigenvalue weighted by molar-refractivity contribution is 4.52. The lowest BCUT2D eigenvalue weighted by atomic mass is 10.1. The summed E-state index contributed by atoms with van der Waals surface area (Å²) in [5, 5.41) is 3.42. The fourth-order valence-corrected chi connectivity index (χ4v) is 1.77. The van der Waals surface area contributed by atoms with Gasteiger partial charge >= 0.3 is 0 Å². The normalized spacial score (nSPS) is 13.3. The van der Waals surface area contributed by atoms with E-state index in [1.807, 2.05) is 0 Å². The third-order valence-corrected chi connectivity index (χ3v) is 2.74. The van der Waals surface area contributed by atoms with Crippen LogP contribution in [0.1, 0.15) is 53.4 Å². The van der Waals surface area contributed by atoms with Gasteiger partial charge in [0, 0.05) is 13.2 Å². The molecule has 98 valence electrons. The van der Waals surface area contributed by atoms with Gasteiger partial charge in [0.15, 0.2) is 0 Å². The van der Waals surface area contributed by atoms with E-state index in [4.69, 9.17) is 4.74 Å². The molecule has 0 aliphatic rings. The Hall–Kier alpha value is -0.0800. The van der Waals surface area contributed by atoms with Crippen LogP contribution in [0.25, 0.3) is 0 Å². The van der Waals surface area contributed by atoms with Crippen molar-refractivity contribution in [3.8, 4) is 0 Å². The standard InChI is InChI=1S/C14H31NO/c1-5-7-14(4)12-16-11-10-15-9-6-8-13(2)3/h13-15H,5-12H2,1-4H3. The molecule has 0 radical (unpaired) electrons. The second kappa shape index (κ2) is 11.4. The van der Waals surface area contributed by atoms with Crippen molar-refractivity contribution in [2.24, 2.45) is 11.8 Å². The van der Waals surface area contributed by atoms with E-state index in [-0.39, 0.29) is 0 Å². The second-order valence-electron chi connectivity index (χ2n) is 5.25. The molecule has 0 saturated heterocycles. The highest BCUT2D eigenvalue weighted by Crippen LogP contribution is 2.04. The highest BCUT2D eigenvalue weighted by Gasteiger charge is 1.99. The molecule has 2 heteroatoms. The van der Waals surface area contributed by atoms with Crippen molar-refractivity contribution in [2.45, 2.75) is 53.4 Å². The van der Waals surface area contributed by atoms with E-state index < -0.39 is 0 Å². The first-order valence-corrected chi connectivity index (χ1v) is 6.95. The molecule has 0 heterocycles. The van der Waals surface area contributed by atoms with Gasteiger partial charge in [-0.25, -0.2) is 0 Å². The van der Waals surface area contributed by atoms with Crippen molar-refractivity contribution in [2.75, 3.05) is 26.3 Å². The summed E-state index contributed by atoms with van der Waals surface area (Å²) in [5.41, 5.74) is 0. The van der Waals surface area contributed by atoms with Crippen LogP contribution in [-0.2, 0) is 4.74 Å². The van der Waals surface area contributed by atoms with Crippen molar-refractivity contribution in [3.63, 3.8) is 0 Å². The summed E-state index contributed by atoms with van der Waals surface area (Å²) < 4.78 is 5.61. The Labute approximate surface area is 102 Å². The predicted octanol–water partition coefficient (Wildman–Crippen LogP) is 3.47. The number of ether oxygens (including phenoxy) is 1. The number of rotatable bonds is 11. The van der Waals surface area contributed by atoms with Gasteiger partial charge in [0.25, 0.3) is 0 Å². The molecule has 0 bridgehead atoms. The maximum atomic E-state index is 5.61. The van der Waals surface area contributed by atoms with E-state index in [0.29, 0.717) is 5.92 Å². The molecular formula is C14H31NO. The van der Waals surface area contributed by atoms with Gasteiger partial charge in [0.1, 0.15) is 0 Å². The summed E-state index contributed by atoms with van der Waals surface area (Å²) in [6, 6.07) is 0. The van der Waals surface area contributed by atoms with Crippen molar-refractivity contribution >= 4 is 0 Å². The fraction of sp³-hybridized carbons (Fsp3) is 1.00. The zero-order valence-corrected chi connectivity index (χ0v) is 11.7. The summed E-state index contributed by atoms with van der Waals surface area (Å²) in [6.07, 6.45) is 5.14. The minimum atomic E-state index is 0.714. The Kier molecular flexibility index (Phi) is 11.3. The smallest absolute Gasteiger partial charge is 0.0591 e. The molecule has 0 aromatic carbocycles. The van der Waals surface area contributed by atoms with E-state index in [1.165, 1.54) is 25.7 Å². The lowest BCUT2D eigenvalue weighted by Gasteiger charge is -2.11. The van der Waals surface area contributed by atoms with Crippen molar-refractivity contribution in [1.82, 2.24) is 5.32 Å². The summed E-state index contributed by atoms with van der Waals surface area (Å²) in [4.78, 5) is 0. The number of hydrogen-bond acceptors (Lipinski definition) is 2. The molecule has 1 N–H and O–H groups in total. The Bertz CT molecular complexity index is 137. The lowest BCUT2D eigenvalue weighted by Crippen LogP contribution is -2.22. The van der Waals surface area contributed by atoms with Gasteiger partial charge in [-0.2, -0.15) is 0 Å². The van der Waals surface area contributed by atoms with Crippen LogP contribution in [0.4, 0.5) is 0 Å². The molecule has 0 amide bonds. The molecule has 0 aliphatic heterocycles. The third-order valence-electron chi connectivity index (χ3n) is 2.74. The molecule has 2 nitrogen and oxygen atoms in total. The quantitative estimate of drug-likeness (QED) is 0.548. The topological polar surface area (TPSA) is 21.3 Å². The molecule has 1 atom stereocenters. The van der Waals surface area contributed by atoms with Crippen molar-refractivity contribution in [3.05, 3.63) is 0 Å². The summed E-state index contributed by atoms with van der Waals surface area (Å²) in [5.74, 6) is 1.54. The van der Waals surface area contributed by atoms with Crippen LogP contribution < -0.4 is 5.32 Å². The van der Waals surface area contributed by atoms with Crippen molar-refractivity contribution in [1.29, 1.82) is 0 Å².